The van der Waals surface area contributed by atoms with Crippen molar-refractivity contribution in [3.05, 3.63) is 54.1 Å². The largest absolute Gasteiger partial charge is 0.494 e. The molecule has 0 saturated heterocycles. The minimum atomic E-state index is -4.88. The lowest BCUT2D eigenvalue weighted by Crippen LogP contribution is -2.16. The molecule has 148 valence electrons. The Kier molecular flexibility index (Phi) is 8.14. The van der Waals surface area contributed by atoms with Crippen LogP contribution in [0.1, 0.15) is 57.2 Å². The van der Waals surface area contributed by atoms with E-state index in [1.54, 1.807) is 0 Å². The van der Waals surface area contributed by atoms with Gasteiger partial charge < -0.3 is 4.74 Å². The van der Waals surface area contributed by atoms with E-state index < -0.39 is 12.3 Å². The van der Waals surface area contributed by atoms with Crippen LogP contribution in [0.2, 0.25) is 0 Å². The standard InChI is InChI=1S/C22H26F4O/c1-2-3-4-5-6-7-16-27-20-14-12-18(13-15-20)17-8-10-19(11-9-17)21(23)22(24,25)26/h8-15,21H,2-7,16H2,1H3. The van der Waals surface area contributed by atoms with Crippen LogP contribution >= 0.6 is 0 Å². The Bertz CT molecular complexity index is 662. The molecule has 1 atom stereocenters. The zero-order chi connectivity index (χ0) is 19.7. The van der Waals surface area contributed by atoms with E-state index >= 15 is 0 Å². The number of ether oxygens (including phenoxy) is 1. The maximum atomic E-state index is 13.3. The number of hydrogen-bond donors (Lipinski definition) is 0. The van der Waals surface area contributed by atoms with Crippen LogP contribution in [0.3, 0.4) is 0 Å². The van der Waals surface area contributed by atoms with E-state index in [1.165, 1.54) is 49.9 Å². The highest BCUT2D eigenvalue weighted by molar-refractivity contribution is 5.64. The SMILES string of the molecule is CCCCCCCCOc1ccc(-c2ccc(C(F)C(F)(F)F)cc2)cc1. The normalized spacial score (nSPS) is 12.8. The first-order chi connectivity index (χ1) is 12.9. The Balaban J connectivity index is 1.84. The summed E-state index contributed by atoms with van der Waals surface area (Å²) in [5.74, 6) is 0.768. The number of unbranched alkanes of at least 4 members (excludes halogenated alkanes) is 5. The van der Waals surface area contributed by atoms with Crippen molar-refractivity contribution in [2.75, 3.05) is 6.61 Å². The number of halogens is 4. The summed E-state index contributed by atoms with van der Waals surface area (Å²) in [4.78, 5) is 0. The van der Waals surface area contributed by atoms with Crippen molar-refractivity contribution in [1.29, 1.82) is 0 Å². The Morgan fingerprint density at radius 2 is 1.30 bits per heavy atom. The summed E-state index contributed by atoms with van der Waals surface area (Å²) in [7, 11) is 0. The Morgan fingerprint density at radius 3 is 1.85 bits per heavy atom. The summed E-state index contributed by atoms with van der Waals surface area (Å²) >= 11 is 0. The molecular weight excluding hydrogens is 356 g/mol. The van der Waals surface area contributed by atoms with E-state index in [-0.39, 0.29) is 5.56 Å². The van der Waals surface area contributed by atoms with Gasteiger partial charge in [0.15, 0.2) is 0 Å². The second-order valence-corrected chi connectivity index (χ2v) is 6.67. The molecule has 0 aliphatic carbocycles. The third-order valence-corrected chi connectivity index (χ3v) is 4.44. The lowest BCUT2D eigenvalue weighted by molar-refractivity contribution is -0.182. The average molecular weight is 382 g/mol. The molecule has 27 heavy (non-hydrogen) atoms. The second kappa shape index (κ2) is 10.3. The van der Waals surface area contributed by atoms with Crippen molar-refractivity contribution in [1.82, 2.24) is 0 Å². The molecule has 0 bridgehead atoms. The highest BCUT2D eigenvalue weighted by Crippen LogP contribution is 2.36. The summed E-state index contributed by atoms with van der Waals surface area (Å²) in [6, 6.07) is 12.7. The summed E-state index contributed by atoms with van der Waals surface area (Å²) < 4.78 is 56.3. The molecule has 0 amide bonds. The zero-order valence-corrected chi connectivity index (χ0v) is 15.6. The van der Waals surface area contributed by atoms with E-state index in [1.807, 2.05) is 24.3 Å². The molecule has 2 aromatic rings. The van der Waals surface area contributed by atoms with Crippen LogP contribution in [0.5, 0.6) is 5.75 Å². The predicted octanol–water partition coefficient (Wildman–Crippen LogP) is 7.67. The second-order valence-electron chi connectivity index (χ2n) is 6.67. The van der Waals surface area contributed by atoms with Crippen LogP contribution in [0.25, 0.3) is 11.1 Å². The fourth-order valence-corrected chi connectivity index (χ4v) is 2.85. The topological polar surface area (TPSA) is 9.23 Å². The molecule has 5 heteroatoms. The van der Waals surface area contributed by atoms with Gasteiger partial charge in [0.2, 0.25) is 6.17 Å². The number of alkyl halides is 4. The number of rotatable bonds is 10. The highest BCUT2D eigenvalue weighted by atomic mass is 19.4. The smallest absolute Gasteiger partial charge is 0.423 e. The maximum absolute atomic E-state index is 13.3. The summed E-state index contributed by atoms with van der Waals surface area (Å²) in [5, 5.41) is 0. The molecule has 0 spiro atoms. The van der Waals surface area contributed by atoms with Crippen LogP contribution in [-0.4, -0.2) is 12.8 Å². The Morgan fingerprint density at radius 1 is 0.778 bits per heavy atom. The van der Waals surface area contributed by atoms with Gasteiger partial charge in [-0.25, -0.2) is 4.39 Å². The summed E-state index contributed by atoms with van der Waals surface area (Å²) in [6.07, 6.45) is -0.612. The molecule has 0 radical (unpaired) electrons. The lowest BCUT2D eigenvalue weighted by atomic mass is 10.0. The minimum Gasteiger partial charge on any atom is -0.494 e. The van der Waals surface area contributed by atoms with E-state index in [0.29, 0.717) is 6.61 Å². The molecule has 0 fully saturated rings. The molecule has 0 N–H and O–H groups in total. The van der Waals surface area contributed by atoms with Crippen LogP contribution in [0.4, 0.5) is 17.6 Å². The molecule has 0 heterocycles. The van der Waals surface area contributed by atoms with E-state index in [4.69, 9.17) is 4.74 Å². The molecule has 2 aromatic carbocycles. The predicted molar refractivity (Wildman–Crippen MR) is 101 cm³/mol. The molecule has 2 rings (SSSR count). The van der Waals surface area contributed by atoms with Crippen molar-refractivity contribution in [3.63, 3.8) is 0 Å². The monoisotopic (exact) mass is 382 g/mol. The van der Waals surface area contributed by atoms with Crippen LogP contribution in [0.15, 0.2) is 48.5 Å². The molecule has 1 unspecified atom stereocenters. The van der Waals surface area contributed by atoms with Gasteiger partial charge in [0.05, 0.1) is 6.61 Å². The average Bonchev–Trinajstić information content (AvgIpc) is 2.67. The van der Waals surface area contributed by atoms with Gasteiger partial charge in [0.1, 0.15) is 5.75 Å². The molecule has 0 aromatic heterocycles. The zero-order valence-electron chi connectivity index (χ0n) is 15.6. The Labute approximate surface area is 158 Å². The highest BCUT2D eigenvalue weighted by Gasteiger charge is 2.41. The van der Waals surface area contributed by atoms with Crippen molar-refractivity contribution in [2.24, 2.45) is 0 Å². The summed E-state index contributed by atoms with van der Waals surface area (Å²) in [5.41, 5.74) is 1.19. The van der Waals surface area contributed by atoms with Gasteiger partial charge >= 0.3 is 6.18 Å². The van der Waals surface area contributed by atoms with Gasteiger partial charge in [-0.15, -0.1) is 0 Å². The van der Waals surface area contributed by atoms with Gasteiger partial charge in [0.25, 0.3) is 0 Å². The molecule has 1 nitrogen and oxygen atoms in total. The third kappa shape index (κ3) is 6.89. The van der Waals surface area contributed by atoms with Gasteiger partial charge in [-0.3, -0.25) is 0 Å². The van der Waals surface area contributed by atoms with Crippen LogP contribution in [0, 0.1) is 0 Å². The lowest BCUT2D eigenvalue weighted by Gasteiger charge is -2.13. The molecule has 0 saturated carbocycles. The minimum absolute atomic E-state index is 0.384. The number of benzene rings is 2. The van der Waals surface area contributed by atoms with Gasteiger partial charge in [0, 0.05) is 0 Å². The van der Waals surface area contributed by atoms with Crippen molar-refractivity contribution >= 4 is 0 Å². The Hall–Kier alpha value is -2.04. The summed E-state index contributed by atoms with van der Waals surface area (Å²) in [6.45, 7) is 2.87. The molecule has 0 aliphatic rings. The van der Waals surface area contributed by atoms with Crippen LogP contribution in [-0.2, 0) is 0 Å². The van der Waals surface area contributed by atoms with E-state index in [2.05, 4.69) is 6.92 Å². The van der Waals surface area contributed by atoms with E-state index in [0.717, 1.165) is 29.7 Å². The van der Waals surface area contributed by atoms with Crippen molar-refractivity contribution in [2.45, 2.75) is 57.8 Å². The molecular formula is C22H26F4O. The van der Waals surface area contributed by atoms with Gasteiger partial charge in [-0.05, 0) is 35.2 Å². The first-order valence-corrected chi connectivity index (χ1v) is 9.46. The fourth-order valence-electron chi connectivity index (χ4n) is 2.85. The fraction of sp³-hybridized carbons (Fsp3) is 0.455. The third-order valence-electron chi connectivity index (χ3n) is 4.44. The maximum Gasteiger partial charge on any atom is 0.423 e. The van der Waals surface area contributed by atoms with Crippen molar-refractivity contribution < 1.29 is 22.3 Å². The first-order valence-electron chi connectivity index (χ1n) is 9.46. The van der Waals surface area contributed by atoms with E-state index in [9.17, 15) is 17.6 Å². The van der Waals surface area contributed by atoms with Gasteiger partial charge in [-0.1, -0.05) is 75.4 Å². The van der Waals surface area contributed by atoms with Crippen molar-refractivity contribution in [3.8, 4) is 16.9 Å². The quantitative estimate of drug-likeness (QED) is 0.303. The molecule has 0 aliphatic heterocycles. The first kappa shape index (κ1) is 21.3. The number of hydrogen-bond acceptors (Lipinski definition) is 1. The van der Waals surface area contributed by atoms with Gasteiger partial charge in [-0.2, -0.15) is 13.2 Å². The van der Waals surface area contributed by atoms with Crippen LogP contribution < -0.4 is 4.74 Å².